The number of imidazole rings is 1. The van der Waals surface area contributed by atoms with E-state index in [-0.39, 0.29) is 5.91 Å². The fraction of sp³-hybridized carbons (Fsp3) is 0.375. The summed E-state index contributed by atoms with van der Waals surface area (Å²) < 4.78 is 2.05. The van der Waals surface area contributed by atoms with Crippen LogP contribution >= 0.6 is 11.3 Å². The Morgan fingerprint density at radius 2 is 2.25 bits per heavy atom. The maximum absolute atomic E-state index is 12.4. The van der Waals surface area contributed by atoms with Crippen LogP contribution < -0.4 is 11.1 Å². The number of rotatable bonds is 6. The van der Waals surface area contributed by atoms with Gasteiger partial charge in [0.1, 0.15) is 5.01 Å². The molecular formula is C16H18N6OS. The number of carbonyl (C=O) groups is 1. The Bertz CT molecular complexity index is 882. The van der Waals surface area contributed by atoms with Crippen molar-refractivity contribution in [1.29, 1.82) is 0 Å². The molecule has 0 saturated heterocycles. The van der Waals surface area contributed by atoms with Crippen LogP contribution in [0.4, 0.5) is 5.13 Å². The quantitative estimate of drug-likeness (QED) is 0.716. The van der Waals surface area contributed by atoms with Crippen molar-refractivity contribution in [3.8, 4) is 0 Å². The van der Waals surface area contributed by atoms with Gasteiger partial charge in [-0.1, -0.05) is 11.3 Å². The molecule has 1 fully saturated rings. The van der Waals surface area contributed by atoms with Crippen LogP contribution in [0, 0.1) is 0 Å². The Morgan fingerprint density at radius 1 is 1.38 bits per heavy atom. The van der Waals surface area contributed by atoms with Crippen molar-refractivity contribution in [2.45, 2.75) is 31.7 Å². The first kappa shape index (κ1) is 15.2. The lowest BCUT2D eigenvalue weighted by Crippen LogP contribution is -2.11. The number of hydrogen-bond donors (Lipinski definition) is 2. The van der Waals surface area contributed by atoms with Gasteiger partial charge in [-0.05, 0) is 44.0 Å². The minimum atomic E-state index is -0.188. The Kier molecular flexibility index (Phi) is 3.99. The SMILES string of the molecule is NCCCn1cnc2cc(C(=O)Nc3nnc(C4CC4)s3)ccc21. The van der Waals surface area contributed by atoms with Gasteiger partial charge >= 0.3 is 0 Å². The highest BCUT2D eigenvalue weighted by Gasteiger charge is 2.27. The zero-order valence-electron chi connectivity index (χ0n) is 13.1. The molecule has 0 spiro atoms. The third-order valence-electron chi connectivity index (χ3n) is 4.07. The molecule has 8 heteroatoms. The average Bonchev–Trinajstić information content (AvgIpc) is 3.21. The number of benzene rings is 1. The number of nitrogens with one attached hydrogen (secondary N) is 1. The molecule has 1 aliphatic carbocycles. The molecule has 4 rings (SSSR count). The highest BCUT2D eigenvalue weighted by molar-refractivity contribution is 7.15. The van der Waals surface area contributed by atoms with Crippen molar-refractivity contribution in [1.82, 2.24) is 19.7 Å². The fourth-order valence-corrected chi connectivity index (χ4v) is 3.50. The van der Waals surface area contributed by atoms with E-state index in [1.165, 1.54) is 24.2 Å². The molecule has 2 aromatic heterocycles. The third kappa shape index (κ3) is 3.02. The standard InChI is InChI=1S/C16H18N6OS/c17-6-1-7-22-9-18-12-8-11(4-5-13(12)22)14(23)19-16-21-20-15(24-16)10-2-3-10/h4-5,8-10H,1-3,6-7,17H2,(H,19,21,23). The summed E-state index contributed by atoms with van der Waals surface area (Å²) in [7, 11) is 0. The number of fused-ring (bicyclic) bond motifs is 1. The number of aryl methyl sites for hydroxylation is 1. The lowest BCUT2D eigenvalue weighted by Gasteiger charge is -2.04. The molecule has 124 valence electrons. The second-order valence-electron chi connectivity index (χ2n) is 5.96. The van der Waals surface area contributed by atoms with Crippen molar-refractivity contribution in [2.75, 3.05) is 11.9 Å². The van der Waals surface area contributed by atoms with Crippen molar-refractivity contribution < 1.29 is 4.79 Å². The predicted octanol–water partition coefficient (Wildman–Crippen LogP) is 2.37. The van der Waals surface area contributed by atoms with E-state index in [1.54, 1.807) is 18.5 Å². The van der Waals surface area contributed by atoms with E-state index in [0.717, 1.165) is 29.0 Å². The van der Waals surface area contributed by atoms with Crippen molar-refractivity contribution >= 4 is 33.4 Å². The summed E-state index contributed by atoms with van der Waals surface area (Å²) in [6, 6.07) is 5.52. The van der Waals surface area contributed by atoms with Crippen LogP contribution in [-0.4, -0.2) is 32.2 Å². The van der Waals surface area contributed by atoms with Gasteiger partial charge in [-0.15, -0.1) is 10.2 Å². The van der Waals surface area contributed by atoms with E-state index in [2.05, 4.69) is 25.1 Å². The largest absolute Gasteiger partial charge is 0.331 e. The van der Waals surface area contributed by atoms with Crippen LogP contribution in [0.25, 0.3) is 11.0 Å². The Hall–Kier alpha value is -2.32. The number of nitrogens with zero attached hydrogens (tertiary/aromatic N) is 4. The lowest BCUT2D eigenvalue weighted by atomic mass is 10.2. The summed E-state index contributed by atoms with van der Waals surface area (Å²) in [5.41, 5.74) is 7.93. The topological polar surface area (TPSA) is 98.7 Å². The summed E-state index contributed by atoms with van der Waals surface area (Å²) in [5, 5.41) is 12.6. The van der Waals surface area contributed by atoms with Crippen LogP contribution in [0.2, 0.25) is 0 Å². The van der Waals surface area contributed by atoms with E-state index in [9.17, 15) is 4.79 Å². The molecule has 2 heterocycles. The Balaban J connectivity index is 1.50. The van der Waals surface area contributed by atoms with Gasteiger partial charge in [-0.25, -0.2) is 4.98 Å². The third-order valence-corrected chi connectivity index (χ3v) is 5.08. The molecule has 1 aromatic carbocycles. The van der Waals surface area contributed by atoms with Crippen molar-refractivity contribution in [2.24, 2.45) is 5.73 Å². The van der Waals surface area contributed by atoms with E-state index >= 15 is 0 Å². The number of aromatic nitrogens is 4. The monoisotopic (exact) mass is 342 g/mol. The lowest BCUT2D eigenvalue weighted by molar-refractivity contribution is 0.102. The van der Waals surface area contributed by atoms with E-state index in [0.29, 0.717) is 23.2 Å². The van der Waals surface area contributed by atoms with Gasteiger partial charge in [-0.3, -0.25) is 10.1 Å². The summed E-state index contributed by atoms with van der Waals surface area (Å²) in [4.78, 5) is 16.8. The first-order chi connectivity index (χ1) is 11.7. The van der Waals surface area contributed by atoms with E-state index in [4.69, 9.17) is 5.73 Å². The van der Waals surface area contributed by atoms with Gasteiger partial charge in [0, 0.05) is 18.0 Å². The zero-order chi connectivity index (χ0) is 16.5. The van der Waals surface area contributed by atoms with Crippen LogP contribution in [0.1, 0.15) is 40.5 Å². The highest BCUT2D eigenvalue weighted by Crippen LogP contribution is 2.42. The molecule has 24 heavy (non-hydrogen) atoms. The zero-order valence-corrected chi connectivity index (χ0v) is 13.9. The Labute approximate surface area is 142 Å². The predicted molar refractivity (Wildman–Crippen MR) is 93.2 cm³/mol. The molecule has 0 radical (unpaired) electrons. The smallest absolute Gasteiger partial charge is 0.257 e. The molecular weight excluding hydrogens is 324 g/mol. The molecule has 0 atom stereocenters. The first-order valence-corrected chi connectivity index (χ1v) is 8.86. The average molecular weight is 342 g/mol. The summed E-state index contributed by atoms with van der Waals surface area (Å²) >= 11 is 1.46. The summed E-state index contributed by atoms with van der Waals surface area (Å²) in [6.45, 7) is 1.47. The van der Waals surface area contributed by atoms with Gasteiger partial charge in [0.05, 0.1) is 17.4 Å². The van der Waals surface area contributed by atoms with Crippen molar-refractivity contribution in [3.05, 3.63) is 35.1 Å². The number of carbonyl (C=O) groups excluding carboxylic acids is 1. The van der Waals surface area contributed by atoms with Gasteiger partial charge in [0.15, 0.2) is 0 Å². The van der Waals surface area contributed by atoms with Crippen LogP contribution in [0.3, 0.4) is 0 Å². The molecule has 0 unspecified atom stereocenters. The number of nitrogens with two attached hydrogens (primary N) is 1. The normalized spacial score (nSPS) is 14.2. The molecule has 1 saturated carbocycles. The second kappa shape index (κ2) is 6.29. The van der Waals surface area contributed by atoms with Crippen LogP contribution in [0.15, 0.2) is 24.5 Å². The molecule has 1 amide bonds. The highest BCUT2D eigenvalue weighted by atomic mass is 32.1. The Morgan fingerprint density at radius 3 is 3.04 bits per heavy atom. The molecule has 0 bridgehead atoms. The fourth-order valence-electron chi connectivity index (χ4n) is 2.59. The maximum atomic E-state index is 12.4. The van der Waals surface area contributed by atoms with Crippen LogP contribution in [-0.2, 0) is 6.54 Å². The number of amides is 1. The molecule has 1 aliphatic rings. The van der Waals surface area contributed by atoms with Gasteiger partial charge < -0.3 is 10.3 Å². The van der Waals surface area contributed by atoms with Gasteiger partial charge in [0.2, 0.25) is 5.13 Å². The second-order valence-corrected chi connectivity index (χ2v) is 6.97. The minimum Gasteiger partial charge on any atom is -0.331 e. The molecule has 3 aromatic rings. The van der Waals surface area contributed by atoms with Gasteiger partial charge in [-0.2, -0.15) is 0 Å². The summed E-state index contributed by atoms with van der Waals surface area (Å²) in [5.74, 6) is 0.355. The first-order valence-electron chi connectivity index (χ1n) is 8.04. The minimum absolute atomic E-state index is 0.188. The van der Waals surface area contributed by atoms with Crippen LogP contribution in [0.5, 0.6) is 0 Å². The van der Waals surface area contributed by atoms with E-state index in [1.807, 2.05) is 6.07 Å². The molecule has 0 aliphatic heterocycles. The number of hydrogen-bond acceptors (Lipinski definition) is 6. The number of anilines is 1. The molecule has 7 nitrogen and oxygen atoms in total. The van der Waals surface area contributed by atoms with Crippen molar-refractivity contribution in [3.63, 3.8) is 0 Å². The van der Waals surface area contributed by atoms with Gasteiger partial charge in [0.25, 0.3) is 5.91 Å². The summed E-state index contributed by atoms with van der Waals surface area (Å²) in [6.07, 6.45) is 5.03. The maximum Gasteiger partial charge on any atom is 0.257 e. The van der Waals surface area contributed by atoms with E-state index < -0.39 is 0 Å². The molecule has 3 N–H and O–H groups in total.